The number of anilines is 1. The molecule has 0 spiro atoms. The third kappa shape index (κ3) is 3.76. The van der Waals surface area contributed by atoms with Gasteiger partial charge in [0.1, 0.15) is 12.1 Å². The van der Waals surface area contributed by atoms with E-state index in [1.807, 2.05) is 30.3 Å². The maximum Gasteiger partial charge on any atom is 0.417 e. The average molecular weight is 463 g/mol. The van der Waals surface area contributed by atoms with Crippen molar-refractivity contribution in [3.63, 3.8) is 0 Å². The van der Waals surface area contributed by atoms with Gasteiger partial charge in [-0.25, -0.2) is 14.6 Å². The average Bonchev–Trinajstić information content (AvgIpc) is 3.42. The lowest BCUT2D eigenvalue weighted by Crippen LogP contribution is -2.20. The van der Waals surface area contributed by atoms with Crippen LogP contribution < -0.4 is 5.32 Å². The second-order valence-electron chi connectivity index (χ2n) is 7.41. The van der Waals surface area contributed by atoms with E-state index in [0.717, 1.165) is 17.8 Å². The molecule has 1 amide bonds. The van der Waals surface area contributed by atoms with Crippen molar-refractivity contribution >= 4 is 22.8 Å². The van der Waals surface area contributed by atoms with Crippen molar-refractivity contribution in [2.45, 2.75) is 13.1 Å². The Kier molecular flexibility index (Phi) is 5.08. The molecular formula is C23H16F3N7O. The highest BCUT2D eigenvalue weighted by molar-refractivity contribution is 6.05. The quantitative estimate of drug-likeness (QED) is 0.421. The first-order valence-corrected chi connectivity index (χ1v) is 10.1. The number of fused-ring (bicyclic) bond motifs is 1. The van der Waals surface area contributed by atoms with Crippen molar-refractivity contribution in [3.05, 3.63) is 90.0 Å². The van der Waals surface area contributed by atoms with Crippen LogP contribution in [0.5, 0.6) is 0 Å². The highest BCUT2D eigenvalue weighted by Gasteiger charge is 2.35. The number of hydrogen-bond acceptors (Lipinski definition) is 5. The summed E-state index contributed by atoms with van der Waals surface area (Å²) in [5.74, 6) is -0.439. The number of aryl methyl sites for hydroxylation is 1. The highest BCUT2D eigenvalue weighted by atomic mass is 19.4. The molecule has 0 radical (unpaired) electrons. The van der Waals surface area contributed by atoms with E-state index in [0.29, 0.717) is 22.5 Å². The number of hydrogen-bond donors (Lipinski definition) is 1. The number of para-hydroxylation sites is 1. The molecule has 2 aromatic carbocycles. The summed E-state index contributed by atoms with van der Waals surface area (Å²) in [5, 5.41) is 11.9. The summed E-state index contributed by atoms with van der Waals surface area (Å²) in [4.78, 5) is 21.4. The summed E-state index contributed by atoms with van der Waals surface area (Å²) in [7, 11) is 0. The lowest BCUT2D eigenvalue weighted by molar-refractivity contribution is -0.137. The van der Waals surface area contributed by atoms with Crippen molar-refractivity contribution in [1.82, 2.24) is 29.5 Å². The maximum absolute atomic E-state index is 13.4. The van der Waals surface area contributed by atoms with Crippen molar-refractivity contribution in [2.24, 2.45) is 0 Å². The number of aromatic nitrogens is 6. The Morgan fingerprint density at radius 2 is 1.71 bits per heavy atom. The van der Waals surface area contributed by atoms with Gasteiger partial charge >= 0.3 is 6.18 Å². The Morgan fingerprint density at radius 1 is 0.971 bits per heavy atom. The van der Waals surface area contributed by atoms with Crippen molar-refractivity contribution in [1.29, 1.82) is 0 Å². The molecule has 0 aliphatic carbocycles. The van der Waals surface area contributed by atoms with Crippen LogP contribution in [-0.4, -0.2) is 35.4 Å². The number of alkyl halides is 3. The van der Waals surface area contributed by atoms with Gasteiger partial charge in [-0.1, -0.05) is 30.3 Å². The molecule has 11 heteroatoms. The molecule has 0 aliphatic rings. The largest absolute Gasteiger partial charge is 0.417 e. The van der Waals surface area contributed by atoms with Crippen LogP contribution in [0.2, 0.25) is 0 Å². The number of benzene rings is 2. The first-order chi connectivity index (χ1) is 16.3. The Hall–Kier alpha value is -4.54. The lowest BCUT2D eigenvalue weighted by atomic mass is 10.1. The lowest BCUT2D eigenvalue weighted by Gasteiger charge is -2.13. The number of carbonyl (C=O) groups is 1. The van der Waals surface area contributed by atoms with E-state index in [2.05, 4.69) is 25.5 Å². The minimum absolute atomic E-state index is 0.159. The fourth-order valence-corrected chi connectivity index (χ4v) is 3.62. The Morgan fingerprint density at radius 3 is 2.47 bits per heavy atom. The zero-order chi connectivity index (χ0) is 23.9. The van der Waals surface area contributed by atoms with Gasteiger partial charge in [-0.2, -0.15) is 28.1 Å². The van der Waals surface area contributed by atoms with Crippen molar-refractivity contribution in [2.75, 3.05) is 5.32 Å². The molecule has 0 saturated carbocycles. The van der Waals surface area contributed by atoms with Gasteiger partial charge in [0.25, 0.3) is 5.91 Å². The molecule has 3 aromatic heterocycles. The van der Waals surface area contributed by atoms with E-state index < -0.39 is 23.2 Å². The van der Waals surface area contributed by atoms with Crippen LogP contribution in [0.25, 0.3) is 22.5 Å². The van der Waals surface area contributed by atoms with Crippen LogP contribution in [0.3, 0.4) is 0 Å². The molecule has 5 rings (SSSR count). The fourth-order valence-electron chi connectivity index (χ4n) is 3.62. The Bertz CT molecular complexity index is 1510. The third-order valence-electron chi connectivity index (χ3n) is 5.10. The second-order valence-corrected chi connectivity index (χ2v) is 7.41. The van der Waals surface area contributed by atoms with Gasteiger partial charge in [0.15, 0.2) is 11.5 Å². The van der Waals surface area contributed by atoms with Crippen LogP contribution in [0.15, 0.2) is 73.2 Å². The predicted molar refractivity (Wildman–Crippen MR) is 118 cm³/mol. The molecule has 0 bridgehead atoms. The van der Waals surface area contributed by atoms with E-state index in [1.165, 1.54) is 23.1 Å². The first-order valence-electron chi connectivity index (χ1n) is 10.1. The van der Waals surface area contributed by atoms with Gasteiger partial charge in [-0.05, 0) is 31.2 Å². The Labute approximate surface area is 190 Å². The molecule has 3 heterocycles. The fraction of sp³-hybridized carbons (Fsp3) is 0.0870. The van der Waals surface area contributed by atoms with Crippen LogP contribution in [0.4, 0.5) is 19.0 Å². The number of amides is 1. The number of nitrogens with zero attached hydrogens (tertiary/aromatic N) is 6. The predicted octanol–water partition coefficient (Wildman–Crippen LogP) is 4.58. The van der Waals surface area contributed by atoms with E-state index >= 15 is 0 Å². The molecule has 1 N–H and O–H groups in total. The summed E-state index contributed by atoms with van der Waals surface area (Å²) in [6.45, 7) is 1.70. The van der Waals surface area contributed by atoms with E-state index in [-0.39, 0.29) is 5.82 Å². The molecule has 0 unspecified atom stereocenters. The summed E-state index contributed by atoms with van der Waals surface area (Å²) in [6, 6.07) is 15.5. The molecule has 8 nitrogen and oxygen atoms in total. The second kappa shape index (κ2) is 8.10. The molecule has 170 valence electrons. The maximum atomic E-state index is 13.4. The zero-order valence-electron chi connectivity index (χ0n) is 17.7. The van der Waals surface area contributed by atoms with Gasteiger partial charge in [-0.3, -0.25) is 4.79 Å². The molecule has 0 aliphatic heterocycles. The summed E-state index contributed by atoms with van der Waals surface area (Å²) < 4.78 is 43.2. The van der Waals surface area contributed by atoms with E-state index in [9.17, 15) is 18.0 Å². The monoisotopic (exact) mass is 463 g/mol. The highest BCUT2D eigenvalue weighted by Crippen LogP contribution is 2.32. The Balaban J connectivity index is 1.56. The molecule has 0 atom stereocenters. The molecule has 34 heavy (non-hydrogen) atoms. The van der Waals surface area contributed by atoms with E-state index in [4.69, 9.17) is 0 Å². The minimum Gasteiger partial charge on any atom is -0.306 e. The van der Waals surface area contributed by atoms with Crippen LogP contribution in [0.1, 0.15) is 21.6 Å². The third-order valence-corrected chi connectivity index (χ3v) is 5.10. The van der Waals surface area contributed by atoms with Crippen molar-refractivity contribution < 1.29 is 18.0 Å². The van der Waals surface area contributed by atoms with Gasteiger partial charge in [0.2, 0.25) is 0 Å². The molecule has 0 saturated heterocycles. The van der Waals surface area contributed by atoms with E-state index in [1.54, 1.807) is 23.9 Å². The van der Waals surface area contributed by atoms with Gasteiger partial charge in [-0.15, -0.1) is 0 Å². The van der Waals surface area contributed by atoms with Crippen LogP contribution in [0, 0.1) is 6.92 Å². The van der Waals surface area contributed by atoms with Gasteiger partial charge < -0.3 is 5.32 Å². The number of rotatable bonds is 4. The number of carbonyl (C=O) groups excluding carboxylic acids is 1. The normalized spacial score (nSPS) is 11.6. The molecule has 0 fully saturated rings. The van der Waals surface area contributed by atoms with Gasteiger partial charge in [0, 0.05) is 6.07 Å². The summed E-state index contributed by atoms with van der Waals surface area (Å²) in [5.41, 5.74) is 0.302. The smallest absolute Gasteiger partial charge is 0.306 e. The SMILES string of the molecule is Cc1cc(NC(=O)c2ccccc2C(F)(F)F)n(-c2ncnc3c2cnn3-c2ccccc2)n1. The van der Waals surface area contributed by atoms with Crippen LogP contribution in [-0.2, 0) is 6.18 Å². The minimum atomic E-state index is -4.67. The van der Waals surface area contributed by atoms with Crippen molar-refractivity contribution in [3.8, 4) is 11.5 Å². The summed E-state index contributed by atoms with van der Waals surface area (Å²) in [6.07, 6.45) is -1.77. The molecule has 5 aromatic rings. The first kappa shape index (κ1) is 21.3. The zero-order valence-corrected chi connectivity index (χ0v) is 17.7. The van der Waals surface area contributed by atoms with Gasteiger partial charge in [0.05, 0.1) is 34.1 Å². The standard InChI is InChI=1S/C23H16F3N7O/c1-14-11-19(30-22(34)16-9-5-6-10-18(16)23(24,25)26)33(31-14)21-17-12-29-32(20(17)27-13-28-21)15-7-3-2-4-8-15/h2-13H,1H3,(H,30,34). The summed E-state index contributed by atoms with van der Waals surface area (Å²) >= 11 is 0. The molecular weight excluding hydrogens is 447 g/mol. The number of halogens is 3. The topological polar surface area (TPSA) is 90.5 Å². The number of nitrogens with one attached hydrogen (secondary N) is 1. The van der Waals surface area contributed by atoms with Crippen LogP contribution >= 0.6 is 0 Å².